The van der Waals surface area contributed by atoms with Crippen LogP contribution >= 0.6 is 11.6 Å². The Morgan fingerprint density at radius 3 is 2.43 bits per heavy atom. The summed E-state index contributed by atoms with van der Waals surface area (Å²) in [5, 5.41) is 6.42. The second-order valence-corrected chi connectivity index (χ2v) is 6.47. The molecule has 144 valence electrons. The van der Waals surface area contributed by atoms with E-state index < -0.39 is 0 Å². The van der Waals surface area contributed by atoms with Gasteiger partial charge < -0.3 is 20.1 Å². The van der Waals surface area contributed by atoms with Crippen molar-refractivity contribution in [2.45, 2.75) is 6.92 Å². The third-order valence-corrected chi connectivity index (χ3v) is 4.32. The first kappa shape index (κ1) is 19.5. The highest BCUT2D eigenvalue weighted by Crippen LogP contribution is 2.36. The number of hydrogen-bond acceptors (Lipinski definition) is 5. The quantitative estimate of drug-likeness (QED) is 0.608. The van der Waals surface area contributed by atoms with E-state index in [0.717, 1.165) is 16.9 Å². The number of methoxy groups -OCH3 is 2. The number of anilines is 3. The fourth-order valence-corrected chi connectivity index (χ4v) is 2.87. The lowest BCUT2D eigenvalue weighted by molar-refractivity contribution is 0.102. The van der Waals surface area contributed by atoms with E-state index in [1.807, 2.05) is 31.2 Å². The van der Waals surface area contributed by atoms with Gasteiger partial charge in [-0.1, -0.05) is 23.7 Å². The molecule has 0 radical (unpaired) electrons. The molecular weight excluding hydrogens is 378 g/mol. The van der Waals surface area contributed by atoms with E-state index >= 15 is 0 Å². The zero-order valence-electron chi connectivity index (χ0n) is 15.7. The van der Waals surface area contributed by atoms with E-state index in [4.69, 9.17) is 21.1 Å². The molecule has 0 spiro atoms. The number of rotatable bonds is 6. The molecule has 0 aliphatic carbocycles. The van der Waals surface area contributed by atoms with Gasteiger partial charge in [-0.3, -0.25) is 4.79 Å². The third-order valence-electron chi connectivity index (χ3n) is 4.02. The number of nitrogens with one attached hydrogen (secondary N) is 2. The van der Waals surface area contributed by atoms with E-state index in [-0.39, 0.29) is 11.6 Å². The molecule has 3 rings (SSSR count). The largest absolute Gasteiger partial charge is 0.495 e. The summed E-state index contributed by atoms with van der Waals surface area (Å²) in [5.74, 6) is 0.491. The molecule has 0 bridgehead atoms. The number of nitrogens with zero attached hydrogens (tertiary/aromatic N) is 1. The number of carbonyl (C=O) groups is 1. The number of halogens is 1. The van der Waals surface area contributed by atoms with Crippen LogP contribution in [0.25, 0.3) is 0 Å². The summed E-state index contributed by atoms with van der Waals surface area (Å²) in [5.41, 5.74) is 3.61. The summed E-state index contributed by atoms with van der Waals surface area (Å²) in [6.07, 6.45) is 1.61. The van der Waals surface area contributed by atoms with Crippen LogP contribution in [0.1, 0.15) is 16.1 Å². The number of ether oxygens (including phenoxy) is 2. The fourth-order valence-electron chi connectivity index (χ4n) is 2.64. The molecule has 0 unspecified atom stereocenters. The summed E-state index contributed by atoms with van der Waals surface area (Å²) >= 11 is 6.09. The highest BCUT2D eigenvalue weighted by atomic mass is 35.5. The number of carbonyl (C=O) groups excluding carboxylic acids is 1. The Bertz CT molecular complexity index is 991. The maximum atomic E-state index is 12.6. The Morgan fingerprint density at radius 1 is 1.00 bits per heavy atom. The monoisotopic (exact) mass is 397 g/mol. The maximum absolute atomic E-state index is 12.6. The number of aromatic nitrogens is 1. The Kier molecular flexibility index (Phi) is 6.01. The summed E-state index contributed by atoms with van der Waals surface area (Å²) in [4.78, 5) is 16.8. The molecule has 1 aromatic heterocycles. The van der Waals surface area contributed by atoms with Gasteiger partial charge in [0.15, 0.2) is 0 Å². The van der Waals surface area contributed by atoms with Gasteiger partial charge >= 0.3 is 0 Å². The van der Waals surface area contributed by atoms with Crippen molar-refractivity contribution in [3.63, 3.8) is 0 Å². The van der Waals surface area contributed by atoms with Crippen LogP contribution < -0.4 is 20.1 Å². The van der Waals surface area contributed by atoms with Crippen LogP contribution in [0.5, 0.6) is 11.5 Å². The predicted octanol–water partition coefficient (Wildman–Crippen LogP) is 5.06. The van der Waals surface area contributed by atoms with Crippen LogP contribution in [-0.2, 0) is 0 Å². The molecule has 0 aliphatic heterocycles. The SMILES string of the molecule is COc1cc(NC(=O)c2ccc(Nc3cccc(C)c3)cn2)c(OC)cc1Cl. The van der Waals surface area contributed by atoms with Crippen molar-refractivity contribution < 1.29 is 14.3 Å². The number of benzene rings is 2. The zero-order chi connectivity index (χ0) is 20.1. The normalized spacial score (nSPS) is 10.3. The smallest absolute Gasteiger partial charge is 0.274 e. The summed E-state index contributed by atoms with van der Waals surface area (Å²) in [6.45, 7) is 2.02. The molecule has 0 saturated carbocycles. The molecule has 6 nitrogen and oxygen atoms in total. The van der Waals surface area contributed by atoms with Gasteiger partial charge in [-0.25, -0.2) is 4.98 Å². The zero-order valence-corrected chi connectivity index (χ0v) is 16.5. The number of pyridine rings is 1. The molecule has 0 aliphatic rings. The fraction of sp³-hybridized carbons (Fsp3) is 0.143. The van der Waals surface area contributed by atoms with Gasteiger partial charge in [-0.05, 0) is 36.8 Å². The molecular formula is C21H20ClN3O3. The van der Waals surface area contributed by atoms with Crippen LogP contribution in [0.15, 0.2) is 54.7 Å². The molecule has 0 fully saturated rings. The van der Waals surface area contributed by atoms with E-state index in [0.29, 0.717) is 22.2 Å². The second kappa shape index (κ2) is 8.63. The van der Waals surface area contributed by atoms with Gasteiger partial charge in [0.1, 0.15) is 17.2 Å². The van der Waals surface area contributed by atoms with Crippen LogP contribution in [0.4, 0.5) is 17.1 Å². The Morgan fingerprint density at radius 2 is 1.79 bits per heavy atom. The lowest BCUT2D eigenvalue weighted by Gasteiger charge is -2.13. The third kappa shape index (κ3) is 4.53. The first-order chi connectivity index (χ1) is 13.5. The molecule has 0 saturated heterocycles. The first-order valence-electron chi connectivity index (χ1n) is 8.53. The number of amides is 1. The summed E-state index contributed by atoms with van der Waals surface area (Å²) in [7, 11) is 3.00. The average molecular weight is 398 g/mol. The minimum absolute atomic E-state index is 0.269. The molecule has 3 aromatic rings. The Balaban J connectivity index is 1.75. The van der Waals surface area contributed by atoms with Crippen molar-refractivity contribution in [1.82, 2.24) is 4.98 Å². The molecule has 28 heavy (non-hydrogen) atoms. The minimum Gasteiger partial charge on any atom is -0.495 e. The van der Waals surface area contributed by atoms with Crippen molar-refractivity contribution in [2.24, 2.45) is 0 Å². The topological polar surface area (TPSA) is 72.5 Å². The molecule has 2 N–H and O–H groups in total. The molecule has 0 atom stereocenters. The molecule has 7 heteroatoms. The van der Waals surface area contributed by atoms with Crippen molar-refractivity contribution in [2.75, 3.05) is 24.9 Å². The van der Waals surface area contributed by atoms with Crippen LogP contribution in [0.2, 0.25) is 5.02 Å². The Hall–Kier alpha value is -3.25. The van der Waals surface area contributed by atoms with Crippen LogP contribution in [0.3, 0.4) is 0 Å². The van der Waals surface area contributed by atoms with Gasteiger partial charge in [0, 0.05) is 17.8 Å². The lowest BCUT2D eigenvalue weighted by atomic mass is 10.2. The van der Waals surface area contributed by atoms with E-state index in [1.54, 1.807) is 30.5 Å². The predicted molar refractivity (Wildman–Crippen MR) is 111 cm³/mol. The van der Waals surface area contributed by atoms with E-state index in [2.05, 4.69) is 15.6 Å². The highest BCUT2D eigenvalue weighted by molar-refractivity contribution is 6.32. The van der Waals surface area contributed by atoms with Crippen molar-refractivity contribution >= 4 is 34.6 Å². The molecule has 2 aromatic carbocycles. The molecule has 1 amide bonds. The summed E-state index contributed by atoms with van der Waals surface area (Å²) in [6, 6.07) is 14.6. The van der Waals surface area contributed by atoms with E-state index in [9.17, 15) is 4.79 Å². The van der Waals surface area contributed by atoms with Gasteiger partial charge in [-0.2, -0.15) is 0 Å². The number of hydrogen-bond donors (Lipinski definition) is 2. The Labute approximate surface area is 168 Å². The van der Waals surface area contributed by atoms with Crippen molar-refractivity contribution in [1.29, 1.82) is 0 Å². The van der Waals surface area contributed by atoms with Gasteiger partial charge in [0.2, 0.25) is 0 Å². The number of aryl methyl sites for hydroxylation is 1. The average Bonchev–Trinajstić information content (AvgIpc) is 2.69. The highest BCUT2D eigenvalue weighted by Gasteiger charge is 2.14. The van der Waals surface area contributed by atoms with E-state index in [1.165, 1.54) is 14.2 Å². The van der Waals surface area contributed by atoms with Gasteiger partial charge in [0.05, 0.1) is 36.8 Å². The summed E-state index contributed by atoms with van der Waals surface area (Å²) < 4.78 is 10.5. The lowest BCUT2D eigenvalue weighted by Crippen LogP contribution is -2.14. The van der Waals surface area contributed by atoms with Crippen molar-refractivity contribution in [3.05, 3.63) is 71.0 Å². The first-order valence-corrected chi connectivity index (χ1v) is 8.90. The van der Waals surface area contributed by atoms with Gasteiger partial charge in [-0.15, -0.1) is 0 Å². The van der Waals surface area contributed by atoms with Crippen LogP contribution in [-0.4, -0.2) is 25.1 Å². The van der Waals surface area contributed by atoms with Gasteiger partial charge in [0.25, 0.3) is 5.91 Å². The second-order valence-electron chi connectivity index (χ2n) is 6.07. The standard InChI is InChI=1S/C21H20ClN3O3/c1-13-5-4-6-14(9-13)24-15-7-8-17(23-12-15)21(26)25-18-11-19(27-2)16(22)10-20(18)28-3/h4-12,24H,1-3H3,(H,25,26). The van der Waals surface area contributed by atoms with Crippen LogP contribution in [0, 0.1) is 6.92 Å². The minimum atomic E-state index is -0.371. The molecule has 1 heterocycles. The van der Waals surface area contributed by atoms with Crippen molar-refractivity contribution in [3.8, 4) is 11.5 Å². The maximum Gasteiger partial charge on any atom is 0.274 e.